The maximum Gasteiger partial charge on any atom is 0.254 e. The molecule has 1 unspecified atom stereocenters. The quantitative estimate of drug-likeness (QED) is 0.442. The molecule has 0 fully saturated rings. The lowest BCUT2D eigenvalue weighted by Gasteiger charge is -2.11. The zero-order chi connectivity index (χ0) is 20.0. The summed E-state index contributed by atoms with van der Waals surface area (Å²) >= 11 is 0. The Morgan fingerprint density at radius 3 is 2.62 bits per heavy atom. The molecule has 6 heteroatoms. The van der Waals surface area contributed by atoms with Crippen LogP contribution in [-0.4, -0.2) is 25.3 Å². The van der Waals surface area contributed by atoms with Crippen molar-refractivity contribution >= 4 is 21.8 Å². The van der Waals surface area contributed by atoms with Crippen molar-refractivity contribution in [3.05, 3.63) is 94.0 Å². The second-order valence-corrected chi connectivity index (χ2v) is 7.11. The van der Waals surface area contributed by atoms with Crippen LogP contribution in [0.3, 0.4) is 0 Å². The molecule has 3 heterocycles. The van der Waals surface area contributed by atoms with E-state index in [0.29, 0.717) is 16.6 Å². The summed E-state index contributed by atoms with van der Waals surface area (Å²) in [7, 11) is 0. The van der Waals surface area contributed by atoms with E-state index in [-0.39, 0.29) is 5.56 Å². The number of hydrogen-bond donors (Lipinski definition) is 3. The third-order valence-electron chi connectivity index (χ3n) is 5.13. The molecule has 1 atom stereocenters. The molecule has 0 aliphatic carbocycles. The van der Waals surface area contributed by atoms with Gasteiger partial charge in [-0.25, -0.2) is 0 Å². The van der Waals surface area contributed by atoms with Crippen LogP contribution in [0.1, 0.15) is 22.9 Å². The predicted molar refractivity (Wildman–Crippen MR) is 113 cm³/mol. The van der Waals surface area contributed by atoms with Gasteiger partial charge in [-0.1, -0.05) is 30.3 Å². The molecule has 0 bridgehead atoms. The minimum atomic E-state index is -0.994. The first-order valence-corrected chi connectivity index (χ1v) is 9.31. The molecule has 0 radical (unpaired) electrons. The number of hydrogen-bond acceptors (Lipinski definition) is 4. The Balaban J connectivity index is 1.69. The molecule has 142 valence electrons. The van der Waals surface area contributed by atoms with Crippen LogP contribution in [0.25, 0.3) is 33.1 Å². The SMILES string of the molecule is Cc1cc(-c2n[nH]c3cc4[nH]c(=O)c(C(O)c5ccccc5)cc4cc23)ccn1. The highest BCUT2D eigenvalue weighted by Crippen LogP contribution is 2.30. The number of fused-ring (bicyclic) bond motifs is 2. The number of aryl methyl sites for hydroxylation is 1. The van der Waals surface area contributed by atoms with Gasteiger partial charge in [0.25, 0.3) is 5.56 Å². The van der Waals surface area contributed by atoms with E-state index < -0.39 is 6.10 Å². The van der Waals surface area contributed by atoms with Gasteiger partial charge in [-0.2, -0.15) is 5.10 Å². The maximum atomic E-state index is 12.6. The van der Waals surface area contributed by atoms with Gasteiger partial charge in [0, 0.05) is 22.8 Å². The lowest BCUT2D eigenvalue weighted by atomic mass is 10.00. The van der Waals surface area contributed by atoms with Crippen LogP contribution >= 0.6 is 0 Å². The highest BCUT2D eigenvalue weighted by atomic mass is 16.3. The Kier molecular flexibility index (Phi) is 4.00. The number of aliphatic hydroxyl groups is 1. The number of aromatic nitrogens is 4. The summed E-state index contributed by atoms with van der Waals surface area (Å²) in [5, 5.41) is 20.0. The number of pyridine rings is 2. The minimum absolute atomic E-state index is 0.308. The Labute approximate surface area is 165 Å². The Morgan fingerprint density at radius 2 is 1.83 bits per heavy atom. The zero-order valence-corrected chi connectivity index (χ0v) is 15.7. The normalized spacial score (nSPS) is 12.5. The first kappa shape index (κ1) is 17.3. The van der Waals surface area contributed by atoms with Crippen molar-refractivity contribution < 1.29 is 5.11 Å². The first-order chi connectivity index (χ1) is 14.1. The fraction of sp³-hybridized carbons (Fsp3) is 0.0870. The lowest BCUT2D eigenvalue weighted by Crippen LogP contribution is -2.16. The number of rotatable bonds is 3. The molecule has 6 nitrogen and oxygen atoms in total. The van der Waals surface area contributed by atoms with Gasteiger partial charge in [0.1, 0.15) is 11.8 Å². The summed E-state index contributed by atoms with van der Waals surface area (Å²) < 4.78 is 0. The van der Waals surface area contributed by atoms with Crippen LogP contribution in [-0.2, 0) is 0 Å². The van der Waals surface area contributed by atoms with Gasteiger partial charge in [-0.05, 0) is 48.2 Å². The Morgan fingerprint density at radius 1 is 1.00 bits per heavy atom. The number of benzene rings is 2. The van der Waals surface area contributed by atoms with E-state index in [1.165, 1.54) is 0 Å². The third-order valence-corrected chi connectivity index (χ3v) is 5.13. The number of aromatic amines is 2. The summed E-state index contributed by atoms with van der Waals surface area (Å²) in [5.41, 5.74) is 4.90. The van der Waals surface area contributed by atoms with Crippen molar-refractivity contribution in [1.29, 1.82) is 0 Å². The number of H-pyrrole nitrogens is 2. The van der Waals surface area contributed by atoms with Crippen molar-refractivity contribution in [2.75, 3.05) is 0 Å². The number of nitrogens with one attached hydrogen (secondary N) is 2. The molecular formula is C23H18N4O2. The fourth-order valence-electron chi connectivity index (χ4n) is 3.67. The summed E-state index contributed by atoms with van der Waals surface area (Å²) in [4.78, 5) is 19.7. The average Bonchev–Trinajstić information content (AvgIpc) is 3.14. The van der Waals surface area contributed by atoms with Crippen LogP contribution in [0.5, 0.6) is 0 Å². The lowest BCUT2D eigenvalue weighted by molar-refractivity contribution is 0.219. The second-order valence-electron chi connectivity index (χ2n) is 7.11. The Bertz CT molecular complexity index is 1400. The van der Waals surface area contributed by atoms with Gasteiger partial charge >= 0.3 is 0 Å². The minimum Gasteiger partial charge on any atom is -0.383 e. The van der Waals surface area contributed by atoms with Crippen LogP contribution in [0.15, 0.2) is 71.7 Å². The van der Waals surface area contributed by atoms with E-state index in [2.05, 4.69) is 20.2 Å². The van der Waals surface area contributed by atoms with Crippen molar-refractivity contribution in [2.24, 2.45) is 0 Å². The molecule has 0 saturated heterocycles. The largest absolute Gasteiger partial charge is 0.383 e. The Hall–Kier alpha value is -3.77. The molecule has 3 N–H and O–H groups in total. The van der Waals surface area contributed by atoms with E-state index in [1.54, 1.807) is 24.4 Å². The van der Waals surface area contributed by atoms with Crippen molar-refractivity contribution in [3.63, 3.8) is 0 Å². The van der Waals surface area contributed by atoms with Gasteiger partial charge in [0.15, 0.2) is 0 Å². The molecule has 0 amide bonds. The summed E-state index contributed by atoms with van der Waals surface area (Å²) in [6.07, 6.45) is 0.768. The molecule has 0 spiro atoms. The number of nitrogens with zero attached hydrogens (tertiary/aromatic N) is 2. The van der Waals surface area contributed by atoms with E-state index >= 15 is 0 Å². The summed E-state index contributed by atoms with van der Waals surface area (Å²) in [6, 6.07) is 18.7. The summed E-state index contributed by atoms with van der Waals surface area (Å²) in [5.74, 6) is 0. The topological polar surface area (TPSA) is 94.7 Å². The standard InChI is InChI=1S/C23H18N4O2/c1-13-9-15(7-8-24-13)21-17-10-16-11-18(22(28)14-5-3-2-4-6-14)23(29)25-19(16)12-20(17)26-27-21/h2-12,22,28H,1H3,(H,25,29)(H,26,27). The van der Waals surface area contributed by atoms with Gasteiger partial charge in [-0.15, -0.1) is 0 Å². The molecule has 0 aliphatic rings. The molecule has 2 aromatic carbocycles. The highest BCUT2D eigenvalue weighted by molar-refractivity contribution is 6.01. The molecule has 3 aromatic heterocycles. The molecule has 5 rings (SSSR count). The zero-order valence-electron chi connectivity index (χ0n) is 15.7. The molecule has 0 saturated carbocycles. The van der Waals surface area contributed by atoms with E-state index in [4.69, 9.17) is 0 Å². The van der Waals surface area contributed by atoms with Crippen LogP contribution < -0.4 is 5.56 Å². The maximum absolute atomic E-state index is 12.6. The first-order valence-electron chi connectivity index (χ1n) is 9.31. The predicted octanol–water partition coefficient (Wildman–Crippen LogP) is 3.86. The third kappa shape index (κ3) is 2.99. The molecular weight excluding hydrogens is 364 g/mol. The van der Waals surface area contributed by atoms with Crippen molar-refractivity contribution in [3.8, 4) is 11.3 Å². The molecule has 5 aromatic rings. The van der Waals surface area contributed by atoms with Gasteiger partial charge < -0.3 is 10.1 Å². The smallest absolute Gasteiger partial charge is 0.254 e. The molecule has 29 heavy (non-hydrogen) atoms. The van der Waals surface area contributed by atoms with Crippen molar-refractivity contribution in [2.45, 2.75) is 13.0 Å². The van der Waals surface area contributed by atoms with E-state index in [1.807, 2.05) is 49.4 Å². The van der Waals surface area contributed by atoms with Gasteiger partial charge in [0.05, 0.1) is 16.6 Å². The fourth-order valence-corrected chi connectivity index (χ4v) is 3.67. The number of aliphatic hydroxyl groups excluding tert-OH is 1. The monoisotopic (exact) mass is 382 g/mol. The molecule has 0 aliphatic heterocycles. The average molecular weight is 382 g/mol. The van der Waals surface area contributed by atoms with Crippen LogP contribution in [0, 0.1) is 6.92 Å². The van der Waals surface area contributed by atoms with E-state index in [0.717, 1.165) is 33.2 Å². The highest BCUT2D eigenvalue weighted by Gasteiger charge is 2.16. The second kappa shape index (κ2) is 6.68. The van der Waals surface area contributed by atoms with Crippen molar-refractivity contribution in [1.82, 2.24) is 20.2 Å². The summed E-state index contributed by atoms with van der Waals surface area (Å²) in [6.45, 7) is 1.94. The van der Waals surface area contributed by atoms with Crippen LogP contribution in [0.4, 0.5) is 0 Å². The van der Waals surface area contributed by atoms with Gasteiger partial charge in [0.2, 0.25) is 0 Å². The van der Waals surface area contributed by atoms with Crippen LogP contribution in [0.2, 0.25) is 0 Å². The van der Waals surface area contributed by atoms with Gasteiger partial charge in [-0.3, -0.25) is 14.9 Å². The van der Waals surface area contributed by atoms with E-state index in [9.17, 15) is 9.90 Å².